The summed E-state index contributed by atoms with van der Waals surface area (Å²) in [6, 6.07) is 8.09. The van der Waals surface area contributed by atoms with Crippen molar-refractivity contribution in [1.82, 2.24) is 14.7 Å². The molecule has 150 valence electrons. The number of rotatable bonds is 5. The fourth-order valence-corrected chi connectivity index (χ4v) is 5.82. The van der Waals surface area contributed by atoms with Gasteiger partial charge >= 0.3 is 0 Å². The smallest absolute Gasteiger partial charge is 0.239 e. The Morgan fingerprint density at radius 3 is 2.48 bits per heavy atom. The lowest BCUT2D eigenvalue weighted by atomic mass is 10.1. The molecule has 2 fully saturated rings. The lowest BCUT2D eigenvalue weighted by Crippen LogP contribution is -2.55. The summed E-state index contributed by atoms with van der Waals surface area (Å²) in [4.78, 5) is 19.1. The number of carbonyl (C=O) groups is 1. The maximum Gasteiger partial charge on any atom is 0.239 e. The average molecular weight is 394 g/mol. The molecule has 1 aromatic rings. The van der Waals surface area contributed by atoms with E-state index in [2.05, 4.69) is 41.0 Å². The highest BCUT2D eigenvalue weighted by Crippen LogP contribution is 2.19. The molecule has 0 aliphatic carbocycles. The van der Waals surface area contributed by atoms with Crippen molar-refractivity contribution in [2.45, 2.75) is 38.9 Å². The second kappa shape index (κ2) is 8.29. The number of sulfone groups is 1. The van der Waals surface area contributed by atoms with E-state index < -0.39 is 9.84 Å². The zero-order valence-corrected chi connectivity index (χ0v) is 17.4. The fourth-order valence-electron chi connectivity index (χ4n) is 4.05. The van der Waals surface area contributed by atoms with Crippen LogP contribution in [-0.2, 0) is 21.2 Å². The number of carbonyl (C=O) groups excluding carboxylic acids is 1. The molecular formula is C20H31N3O3S. The van der Waals surface area contributed by atoms with Gasteiger partial charge in [-0.2, -0.15) is 0 Å². The number of piperazine rings is 1. The van der Waals surface area contributed by atoms with Gasteiger partial charge in [0.2, 0.25) is 5.91 Å². The molecule has 2 aliphatic heterocycles. The van der Waals surface area contributed by atoms with Crippen molar-refractivity contribution in [3.63, 3.8) is 0 Å². The fraction of sp³-hybridized carbons (Fsp3) is 0.650. The van der Waals surface area contributed by atoms with Gasteiger partial charge in [-0.1, -0.05) is 24.3 Å². The third-order valence-corrected chi connectivity index (χ3v) is 7.82. The molecule has 2 unspecified atom stereocenters. The minimum Gasteiger partial charge on any atom is -0.340 e. The zero-order valence-electron chi connectivity index (χ0n) is 16.6. The Bertz CT molecular complexity index is 772. The number of hydrogen-bond acceptors (Lipinski definition) is 5. The van der Waals surface area contributed by atoms with E-state index in [9.17, 15) is 13.2 Å². The van der Waals surface area contributed by atoms with Crippen LogP contribution in [0.1, 0.15) is 24.5 Å². The second-order valence-corrected chi connectivity index (χ2v) is 10.1. The topological polar surface area (TPSA) is 60.9 Å². The molecule has 2 heterocycles. The SMILES string of the molecule is Cc1ccccc1CN1CCN(C(C)C(=O)N(C)C2CCS(=O)(=O)C2)CC1. The van der Waals surface area contributed by atoms with E-state index in [-0.39, 0.29) is 29.5 Å². The van der Waals surface area contributed by atoms with Crippen molar-refractivity contribution >= 4 is 15.7 Å². The number of nitrogens with zero attached hydrogens (tertiary/aromatic N) is 3. The number of aryl methyl sites for hydroxylation is 1. The molecule has 0 spiro atoms. The van der Waals surface area contributed by atoms with Crippen LogP contribution in [0.4, 0.5) is 0 Å². The van der Waals surface area contributed by atoms with Crippen LogP contribution in [0.3, 0.4) is 0 Å². The summed E-state index contributed by atoms with van der Waals surface area (Å²) in [6.07, 6.45) is 0.557. The molecule has 0 aromatic heterocycles. The van der Waals surface area contributed by atoms with Crippen molar-refractivity contribution in [3.05, 3.63) is 35.4 Å². The minimum atomic E-state index is -2.98. The van der Waals surface area contributed by atoms with Gasteiger partial charge in [0.15, 0.2) is 9.84 Å². The first-order valence-corrected chi connectivity index (χ1v) is 11.6. The normalized spacial score (nSPS) is 24.6. The van der Waals surface area contributed by atoms with Crippen molar-refractivity contribution in [3.8, 4) is 0 Å². The van der Waals surface area contributed by atoms with E-state index in [0.717, 1.165) is 32.7 Å². The molecule has 2 atom stereocenters. The Labute approximate surface area is 163 Å². The summed E-state index contributed by atoms with van der Waals surface area (Å²) in [5.74, 6) is 0.331. The maximum absolute atomic E-state index is 12.8. The molecule has 6 nitrogen and oxygen atoms in total. The van der Waals surface area contributed by atoms with Crippen LogP contribution in [0.5, 0.6) is 0 Å². The average Bonchev–Trinajstić information content (AvgIpc) is 3.02. The highest BCUT2D eigenvalue weighted by Gasteiger charge is 2.35. The van der Waals surface area contributed by atoms with Crippen molar-refractivity contribution in [2.75, 3.05) is 44.7 Å². The standard InChI is InChI=1S/C20H31N3O3S/c1-16-6-4-5-7-18(16)14-22-9-11-23(12-10-22)17(2)20(24)21(3)19-8-13-27(25,26)15-19/h4-7,17,19H,8-15H2,1-3H3. The van der Waals surface area contributed by atoms with Gasteiger partial charge in [0.25, 0.3) is 0 Å². The molecule has 0 N–H and O–H groups in total. The van der Waals surface area contributed by atoms with Gasteiger partial charge in [0, 0.05) is 45.8 Å². The Morgan fingerprint density at radius 2 is 1.89 bits per heavy atom. The molecule has 2 aliphatic rings. The van der Waals surface area contributed by atoms with E-state index >= 15 is 0 Å². The first kappa shape index (κ1) is 20.3. The van der Waals surface area contributed by atoms with Crippen LogP contribution < -0.4 is 0 Å². The van der Waals surface area contributed by atoms with Crippen LogP contribution in [-0.4, -0.2) is 85.8 Å². The lowest BCUT2D eigenvalue weighted by Gasteiger charge is -2.39. The number of amides is 1. The monoisotopic (exact) mass is 393 g/mol. The van der Waals surface area contributed by atoms with Crippen LogP contribution in [0.25, 0.3) is 0 Å². The maximum atomic E-state index is 12.8. The predicted octanol–water partition coefficient (Wildman–Crippen LogP) is 1.15. The van der Waals surface area contributed by atoms with Gasteiger partial charge < -0.3 is 4.90 Å². The molecule has 27 heavy (non-hydrogen) atoms. The Kier molecular flexibility index (Phi) is 6.23. The van der Waals surface area contributed by atoms with Crippen molar-refractivity contribution in [2.24, 2.45) is 0 Å². The van der Waals surface area contributed by atoms with E-state index in [1.54, 1.807) is 11.9 Å². The highest BCUT2D eigenvalue weighted by atomic mass is 32.2. The molecule has 0 bridgehead atoms. The molecule has 1 aromatic carbocycles. The number of likely N-dealkylation sites (N-methyl/N-ethyl adjacent to an activating group) is 1. The van der Waals surface area contributed by atoms with Gasteiger partial charge in [-0.3, -0.25) is 14.6 Å². The van der Waals surface area contributed by atoms with E-state index in [1.165, 1.54) is 11.1 Å². The molecule has 0 saturated carbocycles. The second-order valence-electron chi connectivity index (χ2n) is 7.92. The molecule has 0 radical (unpaired) electrons. The van der Waals surface area contributed by atoms with E-state index in [1.807, 2.05) is 6.92 Å². The van der Waals surface area contributed by atoms with Crippen molar-refractivity contribution < 1.29 is 13.2 Å². The third-order valence-electron chi connectivity index (χ3n) is 6.07. The van der Waals surface area contributed by atoms with E-state index in [4.69, 9.17) is 0 Å². The molecule has 2 saturated heterocycles. The quantitative estimate of drug-likeness (QED) is 0.751. The third kappa shape index (κ3) is 4.89. The van der Waals surface area contributed by atoms with Gasteiger partial charge in [-0.05, 0) is 31.4 Å². The summed E-state index contributed by atoms with van der Waals surface area (Å²) < 4.78 is 23.4. The van der Waals surface area contributed by atoms with Gasteiger partial charge in [0.05, 0.1) is 17.5 Å². The Balaban J connectivity index is 1.51. The van der Waals surface area contributed by atoms with Gasteiger partial charge in [0.1, 0.15) is 0 Å². The van der Waals surface area contributed by atoms with Crippen LogP contribution in [0.15, 0.2) is 24.3 Å². The Morgan fingerprint density at radius 1 is 1.22 bits per heavy atom. The molecular weight excluding hydrogens is 362 g/mol. The minimum absolute atomic E-state index is 0.0319. The summed E-state index contributed by atoms with van der Waals surface area (Å²) in [5, 5.41) is 0. The number of benzene rings is 1. The largest absolute Gasteiger partial charge is 0.340 e. The lowest BCUT2D eigenvalue weighted by molar-refractivity contribution is -0.137. The Hall–Kier alpha value is -1.44. The first-order chi connectivity index (χ1) is 12.8. The van der Waals surface area contributed by atoms with Crippen LogP contribution >= 0.6 is 0 Å². The summed E-state index contributed by atoms with van der Waals surface area (Å²) in [7, 11) is -1.23. The molecule has 7 heteroatoms. The van der Waals surface area contributed by atoms with Crippen LogP contribution in [0, 0.1) is 6.92 Å². The van der Waals surface area contributed by atoms with Gasteiger partial charge in [-0.25, -0.2) is 8.42 Å². The first-order valence-electron chi connectivity index (χ1n) is 9.75. The van der Waals surface area contributed by atoms with Crippen molar-refractivity contribution in [1.29, 1.82) is 0 Å². The van der Waals surface area contributed by atoms with Gasteiger partial charge in [-0.15, -0.1) is 0 Å². The van der Waals surface area contributed by atoms with E-state index in [0.29, 0.717) is 6.42 Å². The summed E-state index contributed by atoms with van der Waals surface area (Å²) in [6.45, 7) is 8.62. The van der Waals surface area contributed by atoms with Crippen LogP contribution in [0.2, 0.25) is 0 Å². The number of hydrogen-bond donors (Lipinski definition) is 0. The molecule has 3 rings (SSSR count). The zero-order chi connectivity index (χ0) is 19.6. The summed E-state index contributed by atoms with van der Waals surface area (Å²) in [5.41, 5.74) is 2.67. The summed E-state index contributed by atoms with van der Waals surface area (Å²) >= 11 is 0. The predicted molar refractivity (Wildman–Crippen MR) is 107 cm³/mol. The molecule has 1 amide bonds. The highest BCUT2D eigenvalue weighted by molar-refractivity contribution is 7.91.